The molecule has 0 unspecified atom stereocenters. The summed E-state index contributed by atoms with van der Waals surface area (Å²) in [4.78, 5) is 27.4. The Labute approximate surface area is 173 Å². The highest BCUT2D eigenvalue weighted by Crippen LogP contribution is 2.40. The lowest BCUT2D eigenvalue weighted by atomic mass is 10.0. The minimum absolute atomic E-state index is 0.0419. The zero-order valence-electron chi connectivity index (χ0n) is 16.7. The minimum Gasteiger partial charge on any atom is -0.383 e. The second-order valence-electron chi connectivity index (χ2n) is 7.64. The lowest BCUT2D eigenvalue weighted by molar-refractivity contribution is -0.125. The maximum Gasteiger partial charge on any atom is 0.246 e. The number of hydrogen-bond donors (Lipinski definition) is 1. The molecule has 0 aliphatic carbocycles. The standard InChI is InChI=1S/C23H22N6O/c1-3-19(30)28-9-8-17(12-28)29-14(2)20(21-22(24)26-13-27-23(21)29)16-10-15-6-4-5-7-18(15)25-11-16/h3-7,10-11,13,17H,1,8-9,12H2,2H3,(H2,24,26,27)/t17-/m1/s1. The lowest BCUT2D eigenvalue weighted by Crippen LogP contribution is -2.27. The molecule has 1 aliphatic heterocycles. The smallest absolute Gasteiger partial charge is 0.246 e. The summed E-state index contributed by atoms with van der Waals surface area (Å²) in [6.45, 7) is 7.00. The number of anilines is 1. The van der Waals surface area contributed by atoms with E-state index in [1.54, 1.807) is 0 Å². The molecule has 5 rings (SSSR count). The molecule has 1 saturated heterocycles. The largest absolute Gasteiger partial charge is 0.383 e. The number of carbonyl (C=O) groups is 1. The predicted octanol–water partition coefficient (Wildman–Crippen LogP) is 3.50. The van der Waals surface area contributed by atoms with Crippen LogP contribution in [0.2, 0.25) is 0 Å². The number of likely N-dealkylation sites (tertiary alicyclic amines) is 1. The van der Waals surface area contributed by atoms with Gasteiger partial charge in [0.2, 0.25) is 5.91 Å². The van der Waals surface area contributed by atoms with Crippen LogP contribution in [0.15, 0.2) is 55.5 Å². The van der Waals surface area contributed by atoms with Gasteiger partial charge in [-0.05, 0) is 31.6 Å². The first-order valence-electron chi connectivity index (χ1n) is 9.96. The number of pyridine rings is 1. The van der Waals surface area contributed by atoms with Gasteiger partial charge in [-0.3, -0.25) is 9.78 Å². The average molecular weight is 398 g/mol. The van der Waals surface area contributed by atoms with Gasteiger partial charge in [0.15, 0.2) is 0 Å². The highest BCUT2D eigenvalue weighted by molar-refractivity contribution is 6.03. The van der Waals surface area contributed by atoms with Gasteiger partial charge in [0.25, 0.3) is 0 Å². The van der Waals surface area contributed by atoms with E-state index in [1.807, 2.05) is 29.3 Å². The topological polar surface area (TPSA) is 89.9 Å². The minimum atomic E-state index is -0.0419. The van der Waals surface area contributed by atoms with Gasteiger partial charge in [-0.2, -0.15) is 0 Å². The molecular formula is C23H22N6O. The van der Waals surface area contributed by atoms with Gasteiger partial charge in [0.1, 0.15) is 17.8 Å². The van der Waals surface area contributed by atoms with Gasteiger partial charge in [-0.1, -0.05) is 24.8 Å². The van der Waals surface area contributed by atoms with Crippen LogP contribution in [0, 0.1) is 6.92 Å². The van der Waals surface area contributed by atoms with Crippen molar-refractivity contribution >= 4 is 33.7 Å². The maximum absolute atomic E-state index is 12.1. The lowest BCUT2D eigenvalue weighted by Gasteiger charge is -2.18. The Morgan fingerprint density at radius 2 is 2.10 bits per heavy atom. The number of hydrogen-bond acceptors (Lipinski definition) is 5. The van der Waals surface area contributed by atoms with Gasteiger partial charge in [-0.25, -0.2) is 9.97 Å². The van der Waals surface area contributed by atoms with Crippen LogP contribution in [-0.2, 0) is 4.79 Å². The summed E-state index contributed by atoms with van der Waals surface area (Å²) in [7, 11) is 0. The third kappa shape index (κ3) is 2.74. The van der Waals surface area contributed by atoms with Crippen LogP contribution in [0.4, 0.5) is 5.82 Å². The molecule has 1 amide bonds. The second kappa shape index (κ2) is 6.95. The highest BCUT2D eigenvalue weighted by Gasteiger charge is 2.30. The molecule has 1 aliphatic rings. The van der Waals surface area contributed by atoms with Crippen molar-refractivity contribution in [1.82, 2.24) is 24.4 Å². The van der Waals surface area contributed by atoms with Crippen molar-refractivity contribution in [2.45, 2.75) is 19.4 Å². The molecule has 7 heteroatoms. The molecule has 4 aromatic rings. The number of fused-ring (bicyclic) bond motifs is 2. The van der Waals surface area contributed by atoms with Crippen molar-refractivity contribution in [3.8, 4) is 11.1 Å². The van der Waals surface area contributed by atoms with Crippen LogP contribution in [-0.4, -0.2) is 43.4 Å². The van der Waals surface area contributed by atoms with Crippen LogP contribution in [0.5, 0.6) is 0 Å². The molecule has 7 nitrogen and oxygen atoms in total. The summed E-state index contributed by atoms with van der Waals surface area (Å²) in [6.07, 6.45) is 5.60. The van der Waals surface area contributed by atoms with E-state index in [1.165, 1.54) is 12.4 Å². The van der Waals surface area contributed by atoms with Gasteiger partial charge >= 0.3 is 0 Å². The van der Waals surface area contributed by atoms with Gasteiger partial charge in [0.05, 0.1) is 16.9 Å². The molecule has 30 heavy (non-hydrogen) atoms. The summed E-state index contributed by atoms with van der Waals surface area (Å²) in [5.74, 6) is 0.404. The van der Waals surface area contributed by atoms with E-state index in [0.29, 0.717) is 18.9 Å². The normalized spacial score (nSPS) is 16.4. The fourth-order valence-corrected chi connectivity index (χ4v) is 4.56. The van der Waals surface area contributed by atoms with Gasteiger partial charge < -0.3 is 15.2 Å². The van der Waals surface area contributed by atoms with E-state index in [9.17, 15) is 4.79 Å². The van der Waals surface area contributed by atoms with Crippen molar-refractivity contribution in [2.24, 2.45) is 0 Å². The van der Waals surface area contributed by atoms with Crippen LogP contribution >= 0.6 is 0 Å². The van der Waals surface area contributed by atoms with Gasteiger partial charge in [-0.15, -0.1) is 0 Å². The number of nitrogens with two attached hydrogens (primary N) is 1. The molecule has 1 aromatic carbocycles. The Bertz CT molecular complexity index is 1310. The average Bonchev–Trinajstić information content (AvgIpc) is 3.35. The number of benzene rings is 1. The summed E-state index contributed by atoms with van der Waals surface area (Å²) in [5, 5.41) is 1.90. The van der Waals surface area contributed by atoms with Crippen molar-refractivity contribution in [2.75, 3.05) is 18.8 Å². The van der Waals surface area contributed by atoms with E-state index >= 15 is 0 Å². The maximum atomic E-state index is 12.1. The molecule has 0 radical (unpaired) electrons. The van der Waals surface area contributed by atoms with Crippen molar-refractivity contribution in [1.29, 1.82) is 0 Å². The van der Waals surface area contributed by atoms with Crippen molar-refractivity contribution < 1.29 is 4.79 Å². The highest BCUT2D eigenvalue weighted by atomic mass is 16.2. The number of para-hydroxylation sites is 1. The van der Waals surface area contributed by atoms with Crippen LogP contribution in [0.1, 0.15) is 18.2 Å². The molecule has 2 N–H and O–H groups in total. The van der Waals surface area contributed by atoms with Crippen molar-refractivity contribution in [3.05, 3.63) is 61.2 Å². The summed E-state index contributed by atoms with van der Waals surface area (Å²) < 4.78 is 2.20. The monoisotopic (exact) mass is 398 g/mol. The Balaban J connectivity index is 1.70. The molecule has 0 bridgehead atoms. The molecule has 3 aromatic heterocycles. The summed E-state index contributed by atoms with van der Waals surface area (Å²) in [6, 6.07) is 10.3. The third-order valence-corrected chi connectivity index (χ3v) is 5.95. The van der Waals surface area contributed by atoms with Crippen LogP contribution in [0.25, 0.3) is 33.1 Å². The Morgan fingerprint density at radius 3 is 2.93 bits per heavy atom. The molecule has 1 fully saturated rings. The number of nitrogen functional groups attached to an aromatic ring is 1. The summed E-state index contributed by atoms with van der Waals surface area (Å²) in [5.41, 5.74) is 11.1. The molecule has 1 atom stereocenters. The number of amides is 1. The van der Waals surface area contributed by atoms with Gasteiger partial charge in [0, 0.05) is 41.5 Å². The number of aromatic nitrogens is 4. The molecule has 150 valence electrons. The SMILES string of the molecule is C=CC(=O)N1CC[C@@H](n2c(C)c(-c3cnc4ccccc4c3)c3c(N)ncnc32)C1. The molecule has 4 heterocycles. The first-order chi connectivity index (χ1) is 14.6. The second-order valence-corrected chi connectivity index (χ2v) is 7.64. The molecule has 0 saturated carbocycles. The quantitative estimate of drug-likeness (QED) is 0.534. The van der Waals surface area contributed by atoms with E-state index in [0.717, 1.165) is 45.2 Å². The zero-order chi connectivity index (χ0) is 20.8. The fraction of sp³-hybridized carbons (Fsp3) is 0.217. The van der Waals surface area contributed by atoms with E-state index in [4.69, 9.17) is 5.73 Å². The molecule has 0 spiro atoms. The Kier molecular flexibility index (Phi) is 4.24. The fourth-order valence-electron chi connectivity index (χ4n) is 4.56. The van der Waals surface area contributed by atoms with E-state index in [2.05, 4.69) is 45.2 Å². The predicted molar refractivity (Wildman–Crippen MR) is 118 cm³/mol. The number of nitrogens with zero attached hydrogens (tertiary/aromatic N) is 5. The third-order valence-electron chi connectivity index (χ3n) is 5.95. The first kappa shape index (κ1) is 18.3. The van der Waals surface area contributed by atoms with Crippen molar-refractivity contribution in [3.63, 3.8) is 0 Å². The number of carbonyl (C=O) groups excluding carboxylic acids is 1. The van der Waals surface area contributed by atoms with E-state index < -0.39 is 0 Å². The van der Waals surface area contributed by atoms with Crippen LogP contribution < -0.4 is 5.73 Å². The first-order valence-corrected chi connectivity index (χ1v) is 9.96. The Morgan fingerprint density at radius 1 is 1.27 bits per heavy atom. The van der Waals surface area contributed by atoms with E-state index in [-0.39, 0.29) is 11.9 Å². The summed E-state index contributed by atoms with van der Waals surface area (Å²) >= 11 is 0. The molecular weight excluding hydrogens is 376 g/mol. The van der Waals surface area contributed by atoms with Crippen LogP contribution in [0.3, 0.4) is 0 Å². The number of rotatable bonds is 3. The zero-order valence-corrected chi connectivity index (χ0v) is 16.7. The Hall–Kier alpha value is -3.74.